The van der Waals surface area contributed by atoms with Crippen molar-refractivity contribution in [2.24, 2.45) is 0 Å². The fourth-order valence-corrected chi connectivity index (χ4v) is 4.74. The average molecular weight is 439 g/mol. The van der Waals surface area contributed by atoms with E-state index in [0.29, 0.717) is 11.5 Å². The van der Waals surface area contributed by atoms with Gasteiger partial charge in [0, 0.05) is 0 Å². The Morgan fingerprint density at radius 3 is 2.38 bits per heavy atom. The lowest BCUT2D eigenvalue weighted by molar-refractivity contribution is -0.149. The standard InChI is InChI=1S/C21H34N2O4SSi/c1-15-9-11-16(12-10-15)28(24)23-17(13-22)19-18(26-21(5,6)27-19)14-25-29(7,8)20(2,3)4/h9-12,17-19,23H,14H2,1-8H3/t17-,18-,19-,28-/m0/s1. The number of nitrogens with zero attached hydrogens (tertiary/aromatic N) is 1. The molecule has 0 radical (unpaired) electrons. The predicted molar refractivity (Wildman–Crippen MR) is 117 cm³/mol. The van der Waals surface area contributed by atoms with E-state index in [0.717, 1.165) is 5.56 Å². The number of hydrogen-bond donors (Lipinski definition) is 1. The van der Waals surface area contributed by atoms with E-state index in [9.17, 15) is 9.47 Å². The zero-order valence-electron chi connectivity index (χ0n) is 18.7. The van der Waals surface area contributed by atoms with E-state index in [1.165, 1.54) is 0 Å². The quantitative estimate of drug-likeness (QED) is 0.650. The zero-order valence-corrected chi connectivity index (χ0v) is 20.6. The lowest BCUT2D eigenvalue weighted by Crippen LogP contribution is -2.49. The third-order valence-electron chi connectivity index (χ3n) is 5.57. The van der Waals surface area contributed by atoms with Crippen molar-refractivity contribution in [2.45, 2.75) is 88.6 Å². The van der Waals surface area contributed by atoms with Crippen LogP contribution in [0.5, 0.6) is 0 Å². The normalized spacial score (nSPS) is 24.1. The molecule has 0 aromatic heterocycles. The average Bonchev–Trinajstić information content (AvgIpc) is 2.92. The Bertz CT molecular complexity index is 768. The monoisotopic (exact) mass is 438 g/mol. The molecular formula is C21H34N2O4SSi. The molecule has 1 aromatic rings. The molecule has 0 amide bonds. The molecule has 1 fully saturated rings. The van der Waals surface area contributed by atoms with E-state index in [4.69, 9.17) is 13.9 Å². The van der Waals surface area contributed by atoms with E-state index in [-0.39, 0.29) is 5.04 Å². The van der Waals surface area contributed by atoms with Gasteiger partial charge in [0.15, 0.2) is 14.1 Å². The van der Waals surface area contributed by atoms with Gasteiger partial charge in [0.05, 0.1) is 17.6 Å². The summed E-state index contributed by atoms with van der Waals surface area (Å²) in [6.45, 7) is 16.8. The second kappa shape index (κ2) is 8.96. The molecule has 6 nitrogen and oxygen atoms in total. The fraction of sp³-hybridized carbons (Fsp3) is 0.667. The SMILES string of the molecule is Cc1ccc([S@](=O)N[C@@H](C#N)[C@@H]2OC(C)(C)O[C@H]2CO[Si](C)(C)C(C)(C)C)cc1. The summed E-state index contributed by atoms with van der Waals surface area (Å²) in [7, 11) is -3.51. The van der Waals surface area contributed by atoms with Gasteiger partial charge in [-0.3, -0.25) is 0 Å². The molecule has 0 aliphatic carbocycles. The maximum atomic E-state index is 12.7. The third kappa shape index (κ3) is 6.20. The number of rotatable bonds is 7. The van der Waals surface area contributed by atoms with Gasteiger partial charge in [-0.05, 0) is 51.0 Å². The largest absolute Gasteiger partial charge is 0.414 e. The Hall–Kier alpha value is -1.08. The van der Waals surface area contributed by atoms with Gasteiger partial charge in [-0.1, -0.05) is 38.5 Å². The Morgan fingerprint density at radius 1 is 1.28 bits per heavy atom. The van der Waals surface area contributed by atoms with Crippen molar-refractivity contribution in [2.75, 3.05) is 6.61 Å². The first-order valence-electron chi connectivity index (χ1n) is 9.89. The zero-order chi connectivity index (χ0) is 22.0. The maximum Gasteiger partial charge on any atom is 0.192 e. The summed E-state index contributed by atoms with van der Waals surface area (Å²) in [5.41, 5.74) is 1.08. The number of hydrogen-bond acceptors (Lipinski definition) is 5. The summed E-state index contributed by atoms with van der Waals surface area (Å²) in [5, 5.41) is 9.82. The Kier molecular flexibility index (Phi) is 7.47. The Labute approximate surface area is 178 Å². The van der Waals surface area contributed by atoms with Crippen molar-refractivity contribution in [3.05, 3.63) is 29.8 Å². The molecule has 0 unspecified atom stereocenters. The molecule has 4 atom stereocenters. The molecule has 0 saturated carbocycles. The maximum absolute atomic E-state index is 12.7. The molecule has 1 heterocycles. The van der Waals surface area contributed by atoms with Gasteiger partial charge in [-0.2, -0.15) is 5.26 Å². The van der Waals surface area contributed by atoms with Crippen LogP contribution < -0.4 is 4.72 Å². The molecule has 162 valence electrons. The lowest BCUT2D eigenvalue weighted by Gasteiger charge is -2.37. The van der Waals surface area contributed by atoms with Crippen LogP contribution in [0.2, 0.25) is 18.1 Å². The van der Waals surface area contributed by atoms with Crippen LogP contribution in [0.25, 0.3) is 0 Å². The Morgan fingerprint density at radius 2 is 1.86 bits per heavy atom. The van der Waals surface area contributed by atoms with Gasteiger partial charge in [-0.15, -0.1) is 0 Å². The van der Waals surface area contributed by atoms with Crippen LogP contribution in [0.3, 0.4) is 0 Å². The van der Waals surface area contributed by atoms with E-state index in [1.807, 2.05) is 32.9 Å². The summed E-state index contributed by atoms with van der Waals surface area (Å²) in [5.74, 6) is -0.839. The van der Waals surface area contributed by atoms with Crippen molar-refractivity contribution >= 4 is 19.3 Å². The van der Waals surface area contributed by atoms with Gasteiger partial charge < -0.3 is 13.9 Å². The van der Waals surface area contributed by atoms with E-state index in [1.54, 1.807) is 12.1 Å². The third-order valence-corrected chi connectivity index (χ3v) is 11.2. The first kappa shape index (κ1) is 24.2. The van der Waals surface area contributed by atoms with E-state index in [2.05, 4.69) is 44.7 Å². The van der Waals surface area contributed by atoms with Crippen LogP contribution in [0.15, 0.2) is 29.2 Å². The molecule has 2 rings (SSSR count). The molecule has 1 aliphatic heterocycles. The molecule has 1 N–H and O–H groups in total. The molecule has 1 aromatic carbocycles. The van der Waals surface area contributed by atoms with Crippen molar-refractivity contribution in [3.8, 4) is 6.07 Å². The highest BCUT2D eigenvalue weighted by Crippen LogP contribution is 2.38. The topological polar surface area (TPSA) is 80.6 Å². The molecule has 1 aliphatic rings. The predicted octanol–water partition coefficient (Wildman–Crippen LogP) is 4.04. The number of ether oxygens (including phenoxy) is 2. The highest BCUT2D eigenvalue weighted by molar-refractivity contribution is 7.83. The first-order valence-corrected chi connectivity index (χ1v) is 14.0. The summed E-state index contributed by atoms with van der Waals surface area (Å²) >= 11 is 0. The molecule has 0 bridgehead atoms. The summed E-state index contributed by atoms with van der Waals surface area (Å²) < 4.78 is 34.0. The van der Waals surface area contributed by atoms with E-state index < -0.39 is 43.3 Å². The fourth-order valence-electron chi connectivity index (χ4n) is 2.79. The number of aryl methyl sites for hydroxylation is 1. The molecule has 1 saturated heterocycles. The van der Waals surface area contributed by atoms with Crippen molar-refractivity contribution in [1.29, 1.82) is 5.26 Å². The van der Waals surface area contributed by atoms with Crippen LogP contribution in [0.1, 0.15) is 40.2 Å². The highest BCUT2D eigenvalue weighted by Gasteiger charge is 2.47. The second-order valence-corrected chi connectivity index (χ2v) is 15.6. The number of benzene rings is 1. The van der Waals surface area contributed by atoms with Gasteiger partial charge in [0.25, 0.3) is 0 Å². The van der Waals surface area contributed by atoms with Crippen molar-refractivity contribution in [3.63, 3.8) is 0 Å². The van der Waals surface area contributed by atoms with Crippen molar-refractivity contribution in [1.82, 2.24) is 4.72 Å². The second-order valence-electron chi connectivity index (χ2n) is 9.52. The van der Waals surface area contributed by atoms with Gasteiger partial charge in [-0.25, -0.2) is 8.93 Å². The Balaban J connectivity index is 2.13. The van der Waals surface area contributed by atoms with E-state index >= 15 is 0 Å². The molecule has 0 spiro atoms. The summed E-state index contributed by atoms with van der Waals surface area (Å²) in [6.07, 6.45) is -1.01. The summed E-state index contributed by atoms with van der Waals surface area (Å²) in [4.78, 5) is 0.614. The first-order chi connectivity index (χ1) is 13.3. The van der Waals surface area contributed by atoms with Crippen LogP contribution >= 0.6 is 0 Å². The van der Waals surface area contributed by atoms with Crippen LogP contribution in [-0.4, -0.2) is 43.2 Å². The number of nitriles is 1. The minimum atomic E-state index is -1.98. The van der Waals surface area contributed by atoms with Crippen molar-refractivity contribution < 1.29 is 18.1 Å². The van der Waals surface area contributed by atoms with Crippen LogP contribution in [0, 0.1) is 18.3 Å². The number of nitrogens with one attached hydrogen (secondary N) is 1. The van der Waals surface area contributed by atoms with Gasteiger partial charge in [0.1, 0.15) is 29.2 Å². The smallest absolute Gasteiger partial charge is 0.192 e. The van der Waals surface area contributed by atoms with Crippen LogP contribution in [-0.2, 0) is 24.9 Å². The minimum Gasteiger partial charge on any atom is -0.414 e. The van der Waals surface area contributed by atoms with Crippen LogP contribution in [0.4, 0.5) is 0 Å². The highest BCUT2D eigenvalue weighted by atomic mass is 32.2. The molecule has 29 heavy (non-hydrogen) atoms. The van der Waals surface area contributed by atoms with Gasteiger partial charge >= 0.3 is 0 Å². The molecule has 8 heteroatoms. The van der Waals surface area contributed by atoms with Gasteiger partial charge in [0.2, 0.25) is 0 Å². The summed E-state index contributed by atoms with van der Waals surface area (Å²) in [6, 6.07) is 8.77. The molecular weight excluding hydrogens is 404 g/mol. The minimum absolute atomic E-state index is 0.0668. The lowest BCUT2D eigenvalue weighted by atomic mass is 10.1.